The van der Waals surface area contributed by atoms with Gasteiger partial charge in [-0.1, -0.05) is 0 Å². The molecule has 2 aliphatic rings. The minimum absolute atomic E-state index is 0. The fraction of sp³-hybridized carbons (Fsp3) is 0.333. The van der Waals surface area contributed by atoms with Crippen LogP contribution in [0.15, 0.2) is 36.5 Å². The second-order valence-electron chi connectivity index (χ2n) is 3.01. The molecule has 15 heavy (non-hydrogen) atoms. The average Bonchev–Trinajstić information content (AvgIpc) is 2.83. The predicted molar refractivity (Wildman–Crippen MR) is 61.7 cm³/mol. The summed E-state index contributed by atoms with van der Waals surface area (Å²) in [4.78, 5) is 0. The first kappa shape index (κ1) is 17.7. The Balaban J connectivity index is -0.000000151. The Morgan fingerprint density at radius 2 is 1.40 bits per heavy atom. The molecule has 0 N–H and O–H groups in total. The number of hydrogen-bond acceptors (Lipinski definition) is 0. The van der Waals surface area contributed by atoms with Crippen molar-refractivity contribution < 1.29 is 37.2 Å². The minimum atomic E-state index is 0. The molecule has 0 amide bonds. The molecule has 0 unspecified atom stereocenters. The summed E-state index contributed by atoms with van der Waals surface area (Å²) < 4.78 is 0. The second kappa shape index (κ2) is 14.3. The molecule has 0 saturated carbocycles. The largest absolute Gasteiger partial charge is 1.00 e. The number of rotatable bonds is 0. The molecule has 2 rings (SSSR count). The zero-order valence-corrected chi connectivity index (χ0v) is 13.5. The Morgan fingerprint density at radius 1 is 1.07 bits per heavy atom. The van der Waals surface area contributed by atoms with E-state index in [1.54, 1.807) is 23.3 Å². The van der Waals surface area contributed by atoms with Crippen LogP contribution in [0.25, 0.3) is 0 Å². The van der Waals surface area contributed by atoms with Crippen LogP contribution in [0.5, 0.6) is 0 Å². The molecule has 0 aromatic heterocycles. The van der Waals surface area contributed by atoms with Crippen molar-refractivity contribution >= 4 is 5.43 Å². The minimum Gasteiger partial charge on any atom is -1.00 e. The van der Waals surface area contributed by atoms with Gasteiger partial charge in [0.15, 0.2) is 0 Å². The molecule has 0 fully saturated rings. The van der Waals surface area contributed by atoms with Gasteiger partial charge in [-0.05, 0) is 0 Å². The van der Waals surface area contributed by atoms with Crippen LogP contribution in [0.3, 0.4) is 0 Å². The normalized spacial score (nSPS) is 13.6. The quantitative estimate of drug-likeness (QED) is 0.451. The van der Waals surface area contributed by atoms with Crippen LogP contribution in [0.4, 0.5) is 0 Å². The van der Waals surface area contributed by atoms with Crippen molar-refractivity contribution in [3.63, 3.8) is 0 Å². The third-order valence-electron chi connectivity index (χ3n) is 1.17. The van der Waals surface area contributed by atoms with Gasteiger partial charge in [0.25, 0.3) is 0 Å². The first-order valence-corrected chi connectivity index (χ1v) is 10.9. The third kappa shape index (κ3) is 20.4. The van der Waals surface area contributed by atoms with Gasteiger partial charge in [-0.3, -0.25) is 12.2 Å². The van der Waals surface area contributed by atoms with Gasteiger partial charge in [0, 0.05) is 0 Å². The van der Waals surface area contributed by atoms with Gasteiger partial charge in [0.2, 0.25) is 0 Å². The second-order valence-corrected chi connectivity index (χ2v) is 12.4. The maximum atomic E-state index is 2.99. The summed E-state index contributed by atoms with van der Waals surface area (Å²) in [5.41, 5.74) is 0.210. The van der Waals surface area contributed by atoms with Crippen molar-refractivity contribution in [3.8, 4) is 0 Å². The monoisotopic (exact) mass is 314 g/mol. The standard InChI is InChI=1S/2C5H5.C2H6Si.ClH.Zr.H/c2*1-2-4-5-3-1;1-3-2;;;/h2*1-3H,4H2;1-2H3;1H;;/q2*-1;;;+2;-1/p-1. The summed E-state index contributed by atoms with van der Waals surface area (Å²) >= 11 is 1.74. The van der Waals surface area contributed by atoms with Gasteiger partial charge in [-0.2, -0.15) is 12.2 Å². The molecule has 0 aromatic carbocycles. The van der Waals surface area contributed by atoms with Crippen molar-refractivity contribution in [3.05, 3.63) is 48.6 Å². The van der Waals surface area contributed by atoms with Gasteiger partial charge >= 0.3 is 41.9 Å². The molecule has 0 spiro atoms. The smallest absolute Gasteiger partial charge is 0.109 e. The summed E-state index contributed by atoms with van der Waals surface area (Å²) in [5.74, 6) is 0. The van der Waals surface area contributed by atoms with Gasteiger partial charge in [-0.25, -0.2) is 24.3 Å². The molecule has 2 aliphatic carbocycles. The summed E-state index contributed by atoms with van der Waals surface area (Å²) in [6.07, 6.45) is 20.0. The van der Waals surface area contributed by atoms with E-state index < -0.39 is 0 Å². The van der Waals surface area contributed by atoms with E-state index in [1.807, 2.05) is 24.3 Å². The molecule has 0 radical (unpaired) electrons. The van der Waals surface area contributed by atoms with E-state index in [0.717, 1.165) is 12.8 Å². The molecule has 0 bridgehead atoms. The Kier molecular flexibility index (Phi) is 17.0. The topological polar surface area (TPSA) is 0 Å². The molecule has 0 atom stereocenters. The van der Waals surface area contributed by atoms with Crippen molar-refractivity contribution in [2.45, 2.75) is 25.9 Å². The molecule has 0 aromatic rings. The third-order valence-corrected chi connectivity index (χ3v) is 1.17. The van der Waals surface area contributed by atoms with E-state index >= 15 is 0 Å². The Labute approximate surface area is 117 Å². The van der Waals surface area contributed by atoms with Crippen LogP contribution in [0, 0.1) is 12.2 Å². The predicted octanol–water partition coefficient (Wildman–Crippen LogP) is 0.512. The summed E-state index contributed by atoms with van der Waals surface area (Å²) in [6.45, 7) is 4.62. The molecule has 3 heteroatoms. The van der Waals surface area contributed by atoms with Crippen molar-refractivity contribution in [1.82, 2.24) is 0 Å². The van der Waals surface area contributed by atoms with Crippen LogP contribution >= 0.6 is 0 Å². The zero-order chi connectivity index (χ0) is 10.6. The molecule has 0 nitrogen and oxygen atoms in total. The van der Waals surface area contributed by atoms with Gasteiger partial charge in [0.05, 0.1) is 0 Å². The van der Waals surface area contributed by atoms with Gasteiger partial charge in [-0.15, -0.1) is 12.8 Å². The van der Waals surface area contributed by atoms with Crippen LogP contribution in [0.1, 0.15) is 14.3 Å². The fourth-order valence-electron chi connectivity index (χ4n) is 0.680. The van der Waals surface area contributed by atoms with E-state index in [2.05, 4.69) is 37.4 Å². The van der Waals surface area contributed by atoms with E-state index in [-0.39, 0.29) is 19.3 Å². The molecular formula is C12H17ClSiZr-2. The maximum Gasteiger partial charge on any atom is -0.109 e. The Bertz CT molecular complexity index is 224. The summed E-state index contributed by atoms with van der Waals surface area (Å²) in [7, 11) is 0. The molecule has 0 saturated heterocycles. The first-order valence-electron chi connectivity index (χ1n) is 4.68. The maximum absolute atomic E-state index is 2.99. The summed E-state index contributed by atoms with van der Waals surface area (Å²) in [5, 5.41) is 0. The first-order chi connectivity index (χ1) is 6.73. The van der Waals surface area contributed by atoms with Crippen LogP contribution in [-0.4, -0.2) is 5.43 Å². The fourth-order valence-corrected chi connectivity index (χ4v) is 0.680. The Hall–Kier alpha value is 0.350. The van der Waals surface area contributed by atoms with Crippen molar-refractivity contribution in [2.24, 2.45) is 0 Å². The van der Waals surface area contributed by atoms with E-state index in [4.69, 9.17) is 0 Å². The van der Waals surface area contributed by atoms with Gasteiger partial charge in [0.1, 0.15) is 0 Å². The SMILES string of the molecule is C[Si](C)=[Zr+2].[C-]1=CC=CC1.[C-]1=CC=CC1.[Cl-].[H-]. The average molecular weight is 316 g/mol. The Morgan fingerprint density at radius 3 is 1.47 bits per heavy atom. The van der Waals surface area contributed by atoms with E-state index in [9.17, 15) is 0 Å². The van der Waals surface area contributed by atoms with Crippen molar-refractivity contribution in [2.75, 3.05) is 0 Å². The van der Waals surface area contributed by atoms with Gasteiger partial charge < -0.3 is 13.8 Å². The van der Waals surface area contributed by atoms with E-state index in [0.29, 0.717) is 0 Å². The number of halogens is 1. The molecule has 82 valence electrons. The van der Waals surface area contributed by atoms with E-state index in [1.165, 1.54) is 0 Å². The number of allylic oxidation sites excluding steroid dienone is 8. The van der Waals surface area contributed by atoms with Crippen LogP contribution < -0.4 is 12.4 Å². The molecular weight excluding hydrogens is 299 g/mol. The number of hydrogen-bond donors (Lipinski definition) is 0. The van der Waals surface area contributed by atoms with Crippen LogP contribution in [0.2, 0.25) is 13.1 Å². The molecule has 0 heterocycles. The molecule has 0 aliphatic heterocycles. The zero-order valence-electron chi connectivity index (χ0n) is 10.3. The van der Waals surface area contributed by atoms with Crippen LogP contribution in [-0.2, 0) is 23.3 Å². The van der Waals surface area contributed by atoms with Crippen molar-refractivity contribution in [1.29, 1.82) is 0 Å². The summed E-state index contributed by atoms with van der Waals surface area (Å²) in [6, 6.07) is 0.